The van der Waals surface area contributed by atoms with Gasteiger partial charge in [-0.25, -0.2) is 0 Å². The van der Waals surface area contributed by atoms with Crippen molar-refractivity contribution < 1.29 is 4.79 Å². The van der Waals surface area contributed by atoms with Gasteiger partial charge in [0.15, 0.2) is 0 Å². The van der Waals surface area contributed by atoms with Gasteiger partial charge in [0.1, 0.15) is 0 Å². The Labute approximate surface area is 86.6 Å². The fourth-order valence-corrected chi connectivity index (χ4v) is 1.13. The van der Waals surface area contributed by atoms with E-state index in [2.05, 4.69) is 23.5 Å². The summed E-state index contributed by atoms with van der Waals surface area (Å²) in [5.41, 5.74) is 0. The number of hydrogen-bond acceptors (Lipinski definition) is 2. The van der Waals surface area contributed by atoms with Crippen molar-refractivity contribution in [1.29, 1.82) is 0 Å². The third kappa shape index (κ3) is 6.50. The Kier molecular flexibility index (Phi) is 7.96. The fraction of sp³-hybridized carbons (Fsp3) is 0.727. The molecule has 0 spiro atoms. The molecule has 0 bridgehead atoms. The van der Waals surface area contributed by atoms with Gasteiger partial charge < -0.3 is 10.6 Å². The molecule has 0 fully saturated rings. The van der Waals surface area contributed by atoms with Crippen molar-refractivity contribution in [2.45, 2.75) is 39.2 Å². The Morgan fingerprint density at radius 3 is 2.71 bits per heavy atom. The molecular weight excluding hydrogens is 176 g/mol. The predicted octanol–water partition coefficient (Wildman–Crippen LogP) is 0.904. The highest BCUT2D eigenvalue weighted by atomic mass is 16.1. The van der Waals surface area contributed by atoms with Gasteiger partial charge in [-0.2, -0.15) is 0 Å². The van der Waals surface area contributed by atoms with E-state index >= 15 is 0 Å². The highest BCUT2D eigenvalue weighted by Crippen LogP contribution is 1.95. The van der Waals surface area contributed by atoms with Crippen LogP contribution in [0.2, 0.25) is 0 Å². The van der Waals surface area contributed by atoms with E-state index in [1.165, 1.54) is 0 Å². The van der Waals surface area contributed by atoms with Gasteiger partial charge in [-0.1, -0.05) is 26.2 Å². The minimum absolute atomic E-state index is 0.0300. The first-order valence-electron chi connectivity index (χ1n) is 5.20. The maximum absolute atomic E-state index is 11.3. The third-order valence-corrected chi connectivity index (χ3v) is 1.89. The Balaban J connectivity index is 3.63. The van der Waals surface area contributed by atoms with Gasteiger partial charge in [0.25, 0.3) is 0 Å². The molecule has 0 saturated heterocycles. The van der Waals surface area contributed by atoms with Crippen LogP contribution in [0.4, 0.5) is 0 Å². The zero-order chi connectivity index (χ0) is 10.8. The molecule has 0 aromatic rings. The van der Waals surface area contributed by atoms with E-state index < -0.39 is 0 Å². The molecule has 1 atom stereocenters. The molecule has 14 heavy (non-hydrogen) atoms. The number of hydrogen-bond donors (Lipinski definition) is 2. The van der Waals surface area contributed by atoms with E-state index in [0.717, 1.165) is 19.4 Å². The molecule has 0 aromatic carbocycles. The van der Waals surface area contributed by atoms with Crippen LogP contribution in [0.15, 0.2) is 0 Å². The predicted molar refractivity (Wildman–Crippen MR) is 58.8 cm³/mol. The Hall–Kier alpha value is -1.01. The van der Waals surface area contributed by atoms with Crippen molar-refractivity contribution in [3.63, 3.8) is 0 Å². The summed E-state index contributed by atoms with van der Waals surface area (Å²) in [4.78, 5) is 11.3. The summed E-state index contributed by atoms with van der Waals surface area (Å²) in [6.45, 7) is 5.67. The molecule has 3 nitrogen and oxygen atoms in total. The van der Waals surface area contributed by atoms with Crippen LogP contribution in [0.5, 0.6) is 0 Å². The Morgan fingerprint density at radius 1 is 1.50 bits per heavy atom. The Bertz CT molecular complexity index is 196. The minimum atomic E-state index is -0.103. The van der Waals surface area contributed by atoms with E-state index in [9.17, 15) is 4.79 Å². The van der Waals surface area contributed by atoms with Crippen LogP contribution in [0.1, 0.15) is 33.1 Å². The first kappa shape index (κ1) is 13.0. The summed E-state index contributed by atoms with van der Waals surface area (Å²) < 4.78 is 0. The van der Waals surface area contributed by atoms with Crippen molar-refractivity contribution in [3.8, 4) is 12.3 Å². The molecule has 1 unspecified atom stereocenters. The fourth-order valence-electron chi connectivity index (χ4n) is 1.13. The topological polar surface area (TPSA) is 41.1 Å². The quantitative estimate of drug-likeness (QED) is 0.469. The molecule has 0 heterocycles. The Morgan fingerprint density at radius 2 is 2.21 bits per heavy atom. The summed E-state index contributed by atoms with van der Waals surface area (Å²) in [6.07, 6.45) is 7.62. The van der Waals surface area contributed by atoms with Gasteiger partial charge in [-0.05, 0) is 13.0 Å². The van der Waals surface area contributed by atoms with Gasteiger partial charge in [0.05, 0.1) is 6.04 Å². The lowest BCUT2D eigenvalue weighted by molar-refractivity contribution is -0.121. The molecule has 3 heteroatoms. The summed E-state index contributed by atoms with van der Waals surface area (Å²) in [5.74, 6) is 2.60. The second-order valence-corrected chi connectivity index (χ2v) is 3.18. The number of nitrogens with one attached hydrogen (secondary N) is 2. The molecular formula is C11H20N2O. The zero-order valence-electron chi connectivity index (χ0n) is 9.10. The van der Waals surface area contributed by atoms with Gasteiger partial charge in [0.2, 0.25) is 5.91 Å². The SMILES string of the molecule is C#CC(CCC)NC(=O)CCNCC. The highest BCUT2D eigenvalue weighted by molar-refractivity contribution is 5.76. The molecule has 0 aromatic heterocycles. The standard InChI is InChI=1S/C11H20N2O/c1-4-7-10(5-2)13-11(14)8-9-12-6-3/h2,10,12H,4,6-9H2,1,3H3,(H,13,14). The van der Waals surface area contributed by atoms with Crippen LogP contribution in [-0.4, -0.2) is 25.0 Å². The monoisotopic (exact) mass is 196 g/mol. The maximum atomic E-state index is 11.3. The van der Waals surface area contributed by atoms with Crippen LogP contribution < -0.4 is 10.6 Å². The third-order valence-electron chi connectivity index (χ3n) is 1.89. The summed E-state index contributed by atoms with van der Waals surface area (Å²) >= 11 is 0. The number of rotatable bonds is 7. The molecule has 0 aliphatic heterocycles. The molecule has 0 radical (unpaired) electrons. The number of amides is 1. The largest absolute Gasteiger partial charge is 0.342 e. The van der Waals surface area contributed by atoms with Crippen LogP contribution in [0.3, 0.4) is 0 Å². The van der Waals surface area contributed by atoms with E-state index in [0.29, 0.717) is 13.0 Å². The molecule has 0 saturated carbocycles. The lowest BCUT2D eigenvalue weighted by Gasteiger charge is -2.11. The lowest BCUT2D eigenvalue weighted by Crippen LogP contribution is -2.35. The number of terminal acetylenes is 1. The van der Waals surface area contributed by atoms with Crippen molar-refractivity contribution in [2.24, 2.45) is 0 Å². The average Bonchev–Trinajstić information content (AvgIpc) is 2.17. The lowest BCUT2D eigenvalue weighted by atomic mass is 10.2. The summed E-state index contributed by atoms with van der Waals surface area (Å²) in [7, 11) is 0. The minimum Gasteiger partial charge on any atom is -0.342 e. The van der Waals surface area contributed by atoms with E-state index in [4.69, 9.17) is 6.42 Å². The smallest absolute Gasteiger partial charge is 0.222 e. The normalized spacial score (nSPS) is 11.8. The van der Waals surface area contributed by atoms with Crippen LogP contribution in [0, 0.1) is 12.3 Å². The van der Waals surface area contributed by atoms with Crippen LogP contribution in [0.25, 0.3) is 0 Å². The van der Waals surface area contributed by atoms with Crippen molar-refractivity contribution in [2.75, 3.05) is 13.1 Å². The van der Waals surface area contributed by atoms with E-state index in [1.807, 2.05) is 6.92 Å². The maximum Gasteiger partial charge on any atom is 0.222 e. The number of carbonyl (C=O) groups excluding carboxylic acids is 1. The van der Waals surface area contributed by atoms with E-state index in [-0.39, 0.29) is 11.9 Å². The second-order valence-electron chi connectivity index (χ2n) is 3.18. The van der Waals surface area contributed by atoms with Gasteiger partial charge in [0, 0.05) is 13.0 Å². The van der Waals surface area contributed by atoms with Gasteiger partial charge in [-0.3, -0.25) is 4.79 Å². The van der Waals surface area contributed by atoms with Crippen LogP contribution in [-0.2, 0) is 4.79 Å². The van der Waals surface area contributed by atoms with Gasteiger partial charge in [-0.15, -0.1) is 6.42 Å². The molecule has 0 rings (SSSR count). The van der Waals surface area contributed by atoms with Crippen molar-refractivity contribution in [3.05, 3.63) is 0 Å². The molecule has 0 aliphatic rings. The zero-order valence-corrected chi connectivity index (χ0v) is 9.10. The summed E-state index contributed by atoms with van der Waals surface area (Å²) in [5, 5.41) is 5.90. The molecule has 1 amide bonds. The van der Waals surface area contributed by atoms with Crippen LogP contribution >= 0.6 is 0 Å². The first-order chi connectivity index (χ1) is 6.74. The molecule has 80 valence electrons. The average molecular weight is 196 g/mol. The van der Waals surface area contributed by atoms with Crippen molar-refractivity contribution in [1.82, 2.24) is 10.6 Å². The van der Waals surface area contributed by atoms with E-state index in [1.54, 1.807) is 0 Å². The second kappa shape index (κ2) is 8.58. The molecule has 0 aliphatic carbocycles. The number of carbonyl (C=O) groups is 1. The van der Waals surface area contributed by atoms with Gasteiger partial charge >= 0.3 is 0 Å². The molecule has 2 N–H and O–H groups in total. The first-order valence-corrected chi connectivity index (χ1v) is 5.20. The summed E-state index contributed by atoms with van der Waals surface area (Å²) in [6, 6.07) is -0.103. The van der Waals surface area contributed by atoms with Crippen molar-refractivity contribution >= 4 is 5.91 Å². The highest BCUT2D eigenvalue weighted by Gasteiger charge is 2.07.